The quantitative estimate of drug-likeness (QED) is 0.391. The van der Waals surface area contributed by atoms with E-state index in [4.69, 9.17) is 4.99 Å². The lowest BCUT2D eigenvalue weighted by molar-refractivity contribution is 0.372. The molecule has 0 aromatic carbocycles. The van der Waals surface area contributed by atoms with E-state index in [1.165, 1.54) is 11.5 Å². The molecule has 0 unspecified atom stereocenters. The van der Waals surface area contributed by atoms with Crippen LogP contribution in [0.25, 0.3) is 0 Å². The van der Waals surface area contributed by atoms with Crippen LogP contribution in [0, 0.1) is 0 Å². The average molecular weight is 490 g/mol. The summed E-state index contributed by atoms with van der Waals surface area (Å²) < 4.78 is 6.20. The number of halogens is 1. The van der Waals surface area contributed by atoms with Crippen LogP contribution >= 0.6 is 35.5 Å². The van der Waals surface area contributed by atoms with Gasteiger partial charge in [-0.3, -0.25) is 4.68 Å². The molecule has 144 valence electrons. The Labute approximate surface area is 175 Å². The smallest absolute Gasteiger partial charge is 0.205 e. The summed E-state index contributed by atoms with van der Waals surface area (Å²) in [4.78, 5) is 14.0. The van der Waals surface area contributed by atoms with Gasteiger partial charge in [0.1, 0.15) is 5.82 Å². The highest BCUT2D eigenvalue weighted by molar-refractivity contribution is 14.0. The number of anilines is 1. The number of nitrogens with one attached hydrogen (secondary N) is 1. The van der Waals surface area contributed by atoms with Crippen molar-refractivity contribution in [3.63, 3.8) is 0 Å². The Bertz CT molecular complexity index is 705. The first-order valence-electron chi connectivity index (χ1n) is 8.78. The Morgan fingerprint density at radius 1 is 1.27 bits per heavy atom. The number of nitrogens with zero attached hydrogens (tertiary/aromatic N) is 7. The molecule has 0 atom stereocenters. The Morgan fingerprint density at radius 2 is 2.04 bits per heavy atom. The summed E-state index contributed by atoms with van der Waals surface area (Å²) in [5, 5.41) is 8.64. The van der Waals surface area contributed by atoms with Crippen molar-refractivity contribution in [2.45, 2.75) is 26.8 Å². The van der Waals surface area contributed by atoms with Gasteiger partial charge in [0.15, 0.2) is 5.96 Å². The summed E-state index contributed by atoms with van der Waals surface area (Å²) in [6.07, 6.45) is 4.76. The topological polar surface area (TPSA) is 74.5 Å². The summed E-state index contributed by atoms with van der Waals surface area (Å²) in [7, 11) is 1.93. The van der Waals surface area contributed by atoms with Crippen LogP contribution in [0.3, 0.4) is 0 Å². The molecular weight excluding hydrogens is 463 g/mol. The fourth-order valence-electron chi connectivity index (χ4n) is 2.77. The highest BCUT2D eigenvalue weighted by Gasteiger charge is 2.22. The normalized spacial score (nSPS) is 15.1. The van der Waals surface area contributed by atoms with E-state index >= 15 is 0 Å². The highest BCUT2D eigenvalue weighted by atomic mass is 127. The number of aromatic nitrogens is 4. The van der Waals surface area contributed by atoms with Gasteiger partial charge < -0.3 is 15.1 Å². The first kappa shape index (κ1) is 20.9. The number of aryl methyl sites for hydroxylation is 2. The van der Waals surface area contributed by atoms with Crippen molar-refractivity contribution in [1.29, 1.82) is 0 Å². The fourth-order valence-corrected chi connectivity index (χ4v) is 3.57. The zero-order valence-corrected chi connectivity index (χ0v) is 18.7. The maximum absolute atomic E-state index is 4.77. The number of rotatable bonds is 5. The van der Waals surface area contributed by atoms with Gasteiger partial charge in [0.05, 0.1) is 12.7 Å². The van der Waals surface area contributed by atoms with Gasteiger partial charge in [-0.15, -0.1) is 24.0 Å². The predicted octanol–water partition coefficient (Wildman–Crippen LogP) is 1.74. The van der Waals surface area contributed by atoms with E-state index in [2.05, 4.69) is 43.4 Å². The van der Waals surface area contributed by atoms with Gasteiger partial charge in [-0.2, -0.15) is 9.47 Å². The second-order valence-electron chi connectivity index (χ2n) is 6.01. The molecular formula is C16H27IN8S. The third-order valence-corrected chi connectivity index (χ3v) is 4.94. The van der Waals surface area contributed by atoms with Crippen LogP contribution in [0.4, 0.5) is 5.13 Å². The van der Waals surface area contributed by atoms with E-state index < -0.39 is 0 Å². The summed E-state index contributed by atoms with van der Waals surface area (Å²) in [6, 6.07) is 0. The van der Waals surface area contributed by atoms with Gasteiger partial charge in [-0.25, -0.2) is 9.98 Å². The monoisotopic (exact) mass is 490 g/mol. The van der Waals surface area contributed by atoms with Crippen molar-refractivity contribution in [3.05, 3.63) is 23.8 Å². The fraction of sp³-hybridized carbons (Fsp3) is 0.625. The van der Waals surface area contributed by atoms with Crippen LogP contribution in [-0.2, 0) is 20.0 Å². The first-order chi connectivity index (χ1) is 12.2. The molecule has 10 heteroatoms. The van der Waals surface area contributed by atoms with Crippen molar-refractivity contribution in [1.82, 2.24) is 29.4 Å². The largest absolute Gasteiger partial charge is 0.357 e. The number of hydrogen-bond acceptors (Lipinski definition) is 6. The molecule has 0 bridgehead atoms. The lowest BCUT2D eigenvalue weighted by Crippen LogP contribution is -2.52. The van der Waals surface area contributed by atoms with Crippen molar-refractivity contribution in [2.75, 3.05) is 37.6 Å². The zero-order valence-electron chi connectivity index (χ0n) is 15.6. The van der Waals surface area contributed by atoms with Crippen molar-refractivity contribution >= 4 is 46.6 Å². The van der Waals surface area contributed by atoms with E-state index in [0.29, 0.717) is 6.54 Å². The van der Waals surface area contributed by atoms with Crippen LogP contribution in [0.5, 0.6) is 0 Å². The first-order valence-corrected chi connectivity index (χ1v) is 9.55. The van der Waals surface area contributed by atoms with E-state index in [1.807, 2.05) is 24.1 Å². The summed E-state index contributed by atoms with van der Waals surface area (Å²) in [5.41, 5.74) is 1.12. The van der Waals surface area contributed by atoms with Crippen LogP contribution < -0.4 is 10.2 Å². The molecule has 0 saturated carbocycles. The summed E-state index contributed by atoms with van der Waals surface area (Å²) in [5.74, 6) is 1.91. The predicted molar refractivity (Wildman–Crippen MR) is 117 cm³/mol. The zero-order chi connectivity index (χ0) is 17.6. The van der Waals surface area contributed by atoms with E-state index in [1.54, 1.807) is 0 Å². The summed E-state index contributed by atoms with van der Waals surface area (Å²) >= 11 is 1.50. The number of piperazine rings is 1. The van der Waals surface area contributed by atoms with Gasteiger partial charge >= 0.3 is 0 Å². The summed E-state index contributed by atoms with van der Waals surface area (Å²) in [6.45, 7) is 9.44. The van der Waals surface area contributed by atoms with Gasteiger partial charge in [-0.05, 0) is 6.92 Å². The molecule has 1 saturated heterocycles. The SMILES string of the molecule is CCNC(=NCc1cnn(C)c1)N1CCN(c2nc(CC)ns2)CC1.I. The molecule has 1 N–H and O–H groups in total. The van der Waals surface area contributed by atoms with Crippen LogP contribution in [-0.4, -0.2) is 62.7 Å². The van der Waals surface area contributed by atoms with Crippen LogP contribution in [0.15, 0.2) is 17.4 Å². The van der Waals surface area contributed by atoms with E-state index in [-0.39, 0.29) is 24.0 Å². The van der Waals surface area contributed by atoms with Gasteiger partial charge in [0.2, 0.25) is 5.13 Å². The van der Waals surface area contributed by atoms with Crippen molar-refractivity contribution in [3.8, 4) is 0 Å². The lowest BCUT2D eigenvalue weighted by Gasteiger charge is -2.36. The lowest BCUT2D eigenvalue weighted by atomic mass is 10.3. The van der Waals surface area contributed by atoms with Gasteiger partial charge in [-0.1, -0.05) is 6.92 Å². The molecule has 1 fully saturated rings. The molecule has 3 heterocycles. The Morgan fingerprint density at radius 3 is 2.62 bits per heavy atom. The molecule has 8 nitrogen and oxygen atoms in total. The Hall–Kier alpha value is -1.43. The number of guanidine groups is 1. The molecule has 1 aliphatic heterocycles. The third kappa shape index (κ3) is 5.29. The number of hydrogen-bond donors (Lipinski definition) is 1. The molecule has 0 spiro atoms. The molecule has 2 aromatic rings. The molecule has 3 rings (SSSR count). The molecule has 0 amide bonds. The van der Waals surface area contributed by atoms with E-state index in [9.17, 15) is 0 Å². The van der Waals surface area contributed by atoms with E-state index in [0.717, 1.165) is 61.6 Å². The second kappa shape index (κ2) is 10.0. The highest BCUT2D eigenvalue weighted by Crippen LogP contribution is 2.19. The minimum absolute atomic E-state index is 0. The maximum atomic E-state index is 4.77. The second-order valence-corrected chi connectivity index (χ2v) is 6.74. The minimum atomic E-state index is 0. The maximum Gasteiger partial charge on any atom is 0.205 e. The van der Waals surface area contributed by atoms with Gasteiger partial charge in [0, 0.05) is 69.5 Å². The van der Waals surface area contributed by atoms with Crippen molar-refractivity contribution < 1.29 is 0 Å². The molecule has 0 radical (unpaired) electrons. The Kier molecular flexibility index (Phi) is 8.07. The Balaban J connectivity index is 0.00000243. The third-order valence-electron chi connectivity index (χ3n) is 4.13. The van der Waals surface area contributed by atoms with Crippen molar-refractivity contribution in [2.24, 2.45) is 12.0 Å². The molecule has 26 heavy (non-hydrogen) atoms. The van der Waals surface area contributed by atoms with Crippen LogP contribution in [0.2, 0.25) is 0 Å². The van der Waals surface area contributed by atoms with Gasteiger partial charge in [0.25, 0.3) is 0 Å². The van der Waals surface area contributed by atoms with Crippen LogP contribution in [0.1, 0.15) is 25.2 Å². The average Bonchev–Trinajstić information content (AvgIpc) is 3.27. The molecule has 0 aliphatic carbocycles. The minimum Gasteiger partial charge on any atom is -0.357 e. The number of aliphatic imine (C=N–C) groups is 1. The standard InChI is InChI=1S/C16H26N8S.HI/c1-4-14-20-16(25-21-14)24-8-6-23(7-9-24)15(17-5-2)18-10-13-11-19-22(3)12-13;/h11-12H,4-10H2,1-3H3,(H,17,18);1H. The molecule has 2 aromatic heterocycles. The molecule has 1 aliphatic rings.